The Bertz CT molecular complexity index is 1310. The molecule has 1 aromatic heterocycles. The zero-order valence-electron chi connectivity index (χ0n) is 18.8. The molecule has 3 rings (SSSR count). The largest absolute Gasteiger partial charge is 0.464 e. The Labute approximate surface area is 200 Å². The first-order valence-corrected chi connectivity index (χ1v) is 10.6. The lowest BCUT2D eigenvalue weighted by Gasteiger charge is -2.14. The molecule has 192 valence electrons. The van der Waals surface area contributed by atoms with Gasteiger partial charge in [-0.15, -0.1) is 0 Å². The summed E-state index contributed by atoms with van der Waals surface area (Å²) in [5.74, 6) is -1.15. The van der Waals surface area contributed by atoms with E-state index in [1.807, 2.05) is 0 Å². The van der Waals surface area contributed by atoms with Gasteiger partial charge in [-0.25, -0.2) is 0 Å². The molecule has 0 spiro atoms. The molecule has 0 aliphatic heterocycles. The van der Waals surface area contributed by atoms with Gasteiger partial charge < -0.3 is 14.6 Å². The van der Waals surface area contributed by atoms with Crippen LogP contribution in [0.15, 0.2) is 53.5 Å². The van der Waals surface area contributed by atoms with Crippen molar-refractivity contribution in [1.29, 1.82) is 0 Å². The number of ether oxygens (including phenoxy) is 1. The predicted molar refractivity (Wildman–Crippen MR) is 118 cm³/mol. The number of aryl methyl sites for hydroxylation is 1. The molecule has 1 N–H and O–H groups in total. The van der Waals surface area contributed by atoms with Gasteiger partial charge in [0, 0.05) is 36.0 Å². The van der Waals surface area contributed by atoms with Crippen molar-refractivity contribution in [2.45, 2.75) is 38.7 Å². The van der Waals surface area contributed by atoms with Gasteiger partial charge in [0.05, 0.1) is 17.7 Å². The van der Waals surface area contributed by atoms with Gasteiger partial charge in [0.15, 0.2) is 0 Å². The number of rotatable bonds is 7. The van der Waals surface area contributed by atoms with E-state index >= 15 is 0 Å². The van der Waals surface area contributed by atoms with E-state index in [0.717, 1.165) is 0 Å². The summed E-state index contributed by atoms with van der Waals surface area (Å²) in [6.07, 6.45) is -9.27. The monoisotopic (exact) mass is 514 g/mol. The van der Waals surface area contributed by atoms with E-state index in [2.05, 4.69) is 5.32 Å². The fourth-order valence-corrected chi connectivity index (χ4v) is 3.53. The standard InChI is InChI=1S/C24H20F6N2O4/c1-14(33)36-10-9-32-8-7-18-19(22(32)35)3-2-4-20(18)31-21(34)6-5-15-11-16(23(25,26)27)13-17(12-15)24(28,29)30/h2-4,7-8,11-13H,5-6,9-10H2,1H3,(H,31,34). The van der Waals surface area contributed by atoms with E-state index in [4.69, 9.17) is 4.74 Å². The van der Waals surface area contributed by atoms with Crippen molar-refractivity contribution < 1.29 is 40.7 Å². The van der Waals surface area contributed by atoms with Crippen LogP contribution in [0.2, 0.25) is 0 Å². The second kappa shape index (κ2) is 10.4. The molecule has 0 saturated carbocycles. The van der Waals surface area contributed by atoms with Crippen molar-refractivity contribution in [3.05, 3.63) is 75.7 Å². The van der Waals surface area contributed by atoms with Crippen LogP contribution in [-0.2, 0) is 39.6 Å². The second-order valence-corrected chi connectivity index (χ2v) is 7.88. The molecule has 0 fully saturated rings. The third-order valence-corrected chi connectivity index (χ3v) is 5.22. The number of fused-ring (bicyclic) bond motifs is 1. The molecule has 0 bridgehead atoms. The highest BCUT2D eigenvalue weighted by Gasteiger charge is 2.36. The number of anilines is 1. The normalized spacial score (nSPS) is 12.0. The van der Waals surface area contributed by atoms with E-state index in [-0.39, 0.29) is 42.3 Å². The summed E-state index contributed by atoms with van der Waals surface area (Å²) >= 11 is 0. The van der Waals surface area contributed by atoms with Crippen molar-refractivity contribution >= 4 is 28.3 Å². The summed E-state index contributed by atoms with van der Waals surface area (Å²) in [5, 5.41) is 3.19. The van der Waals surface area contributed by atoms with Gasteiger partial charge in [0.25, 0.3) is 5.56 Å². The molecule has 6 nitrogen and oxygen atoms in total. The molecule has 1 heterocycles. The molecule has 12 heteroatoms. The van der Waals surface area contributed by atoms with Gasteiger partial charge >= 0.3 is 18.3 Å². The van der Waals surface area contributed by atoms with Gasteiger partial charge in [0.1, 0.15) is 6.61 Å². The van der Waals surface area contributed by atoms with Crippen molar-refractivity contribution in [3.63, 3.8) is 0 Å². The Balaban J connectivity index is 1.77. The molecule has 0 aliphatic carbocycles. The maximum absolute atomic E-state index is 13.0. The van der Waals surface area contributed by atoms with Crippen LogP contribution in [0, 0.1) is 0 Å². The maximum atomic E-state index is 13.0. The fourth-order valence-electron chi connectivity index (χ4n) is 3.53. The Morgan fingerprint density at radius 2 is 1.58 bits per heavy atom. The van der Waals surface area contributed by atoms with Crippen LogP contribution < -0.4 is 10.9 Å². The van der Waals surface area contributed by atoms with Crippen LogP contribution in [0.1, 0.15) is 30.0 Å². The number of aromatic nitrogens is 1. The van der Waals surface area contributed by atoms with Crippen LogP contribution in [0.4, 0.5) is 32.0 Å². The third-order valence-electron chi connectivity index (χ3n) is 5.22. The molecular weight excluding hydrogens is 494 g/mol. The number of benzene rings is 2. The average molecular weight is 514 g/mol. The Morgan fingerprint density at radius 3 is 2.17 bits per heavy atom. The lowest BCUT2D eigenvalue weighted by molar-refractivity contribution is -0.143. The third kappa shape index (κ3) is 6.64. The van der Waals surface area contributed by atoms with Gasteiger partial charge in [-0.05, 0) is 48.4 Å². The number of pyridine rings is 1. The first-order chi connectivity index (χ1) is 16.8. The number of esters is 1. The lowest BCUT2D eigenvalue weighted by atomic mass is 10.0. The van der Waals surface area contributed by atoms with Gasteiger partial charge in [-0.3, -0.25) is 14.4 Å². The molecule has 1 amide bonds. The molecule has 0 saturated heterocycles. The number of carbonyl (C=O) groups is 2. The van der Waals surface area contributed by atoms with E-state index < -0.39 is 47.3 Å². The number of carbonyl (C=O) groups excluding carboxylic acids is 2. The smallest absolute Gasteiger partial charge is 0.416 e. The first-order valence-electron chi connectivity index (χ1n) is 10.6. The zero-order chi connectivity index (χ0) is 26.7. The van der Waals surface area contributed by atoms with E-state index in [1.54, 1.807) is 6.07 Å². The predicted octanol–water partition coefficient (Wildman–Crippen LogP) is 5.17. The summed E-state index contributed by atoms with van der Waals surface area (Å²) in [7, 11) is 0. The minimum absolute atomic E-state index is 0.0111. The topological polar surface area (TPSA) is 77.4 Å². The number of hydrogen-bond donors (Lipinski definition) is 1. The number of halogens is 6. The number of alkyl halides is 6. The average Bonchev–Trinajstić information content (AvgIpc) is 2.78. The summed E-state index contributed by atoms with van der Waals surface area (Å²) in [6, 6.07) is 7.29. The Morgan fingerprint density at radius 1 is 0.944 bits per heavy atom. The van der Waals surface area contributed by atoms with Crippen LogP contribution in [0.5, 0.6) is 0 Å². The molecule has 2 aromatic carbocycles. The minimum Gasteiger partial charge on any atom is -0.464 e. The number of nitrogens with zero attached hydrogens (tertiary/aromatic N) is 1. The quantitative estimate of drug-likeness (QED) is 0.349. The van der Waals surface area contributed by atoms with Gasteiger partial charge in [0.2, 0.25) is 5.91 Å². The van der Waals surface area contributed by atoms with Gasteiger partial charge in [-0.1, -0.05) is 6.07 Å². The molecular formula is C24H20F6N2O4. The Kier molecular flexibility index (Phi) is 7.75. The molecule has 0 unspecified atom stereocenters. The van der Waals surface area contributed by atoms with Gasteiger partial charge in [-0.2, -0.15) is 26.3 Å². The number of nitrogens with one attached hydrogen (secondary N) is 1. The lowest BCUT2D eigenvalue weighted by Crippen LogP contribution is -2.23. The summed E-state index contributed by atoms with van der Waals surface area (Å²) in [4.78, 5) is 36.1. The molecule has 0 aliphatic rings. The SMILES string of the molecule is CC(=O)OCCn1ccc2c(NC(=O)CCc3cc(C(F)(F)F)cc(C(F)(F)F)c3)cccc2c1=O. The van der Waals surface area contributed by atoms with Crippen molar-refractivity contribution in [1.82, 2.24) is 4.57 Å². The number of hydrogen-bond acceptors (Lipinski definition) is 4. The van der Waals surface area contributed by atoms with Crippen LogP contribution in [0.3, 0.4) is 0 Å². The van der Waals surface area contributed by atoms with E-state index in [9.17, 15) is 40.7 Å². The van der Waals surface area contributed by atoms with Crippen molar-refractivity contribution in [2.24, 2.45) is 0 Å². The molecule has 0 radical (unpaired) electrons. The van der Waals surface area contributed by atoms with E-state index in [1.165, 1.54) is 35.9 Å². The summed E-state index contributed by atoms with van der Waals surface area (Å²) < 4.78 is 84.4. The first kappa shape index (κ1) is 26.8. The summed E-state index contributed by atoms with van der Waals surface area (Å²) in [5.41, 5.74) is -3.35. The highest BCUT2D eigenvalue weighted by molar-refractivity contribution is 6.01. The number of amides is 1. The second-order valence-electron chi connectivity index (χ2n) is 7.88. The Hall–Kier alpha value is -3.83. The minimum atomic E-state index is -4.98. The zero-order valence-corrected chi connectivity index (χ0v) is 18.8. The van der Waals surface area contributed by atoms with Crippen LogP contribution >= 0.6 is 0 Å². The highest BCUT2D eigenvalue weighted by Crippen LogP contribution is 2.36. The van der Waals surface area contributed by atoms with Crippen LogP contribution in [0.25, 0.3) is 10.8 Å². The summed E-state index contributed by atoms with van der Waals surface area (Å²) in [6.45, 7) is 1.34. The molecule has 0 atom stereocenters. The highest BCUT2D eigenvalue weighted by atomic mass is 19.4. The molecule has 36 heavy (non-hydrogen) atoms. The fraction of sp³-hybridized carbons (Fsp3) is 0.292. The van der Waals surface area contributed by atoms with Crippen LogP contribution in [-0.4, -0.2) is 23.1 Å². The molecule has 3 aromatic rings. The van der Waals surface area contributed by atoms with E-state index in [0.29, 0.717) is 17.5 Å². The van der Waals surface area contributed by atoms with Crippen molar-refractivity contribution in [2.75, 3.05) is 11.9 Å². The maximum Gasteiger partial charge on any atom is 0.416 e. The van der Waals surface area contributed by atoms with Crippen molar-refractivity contribution in [3.8, 4) is 0 Å².